The van der Waals surface area contributed by atoms with E-state index in [0.717, 1.165) is 5.56 Å². The second kappa shape index (κ2) is 5.29. The maximum Gasteiger partial charge on any atom is 0.220 e. The zero-order valence-electron chi connectivity index (χ0n) is 9.03. The molecule has 15 heavy (non-hydrogen) atoms. The number of aromatic nitrogens is 2. The highest BCUT2D eigenvalue weighted by atomic mass is 16.5. The molecule has 1 aromatic rings. The van der Waals surface area contributed by atoms with E-state index in [1.165, 1.54) is 6.33 Å². The Kier molecular flexibility index (Phi) is 4.03. The average molecular weight is 208 g/mol. The molecule has 0 saturated carbocycles. The van der Waals surface area contributed by atoms with Crippen molar-refractivity contribution in [1.29, 1.82) is 5.41 Å². The lowest BCUT2D eigenvalue weighted by molar-refractivity contribution is 0.258. The molecule has 0 radical (unpaired) electrons. The Morgan fingerprint density at radius 3 is 2.93 bits per heavy atom. The summed E-state index contributed by atoms with van der Waals surface area (Å²) in [6, 6.07) is 0. The van der Waals surface area contributed by atoms with Gasteiger partial charge >= 0.3 is 0 Å². The fraction of sp³-hybridized carbons (Fsp3) is 0.500. The lowest BCUT2D eigenvalue weighted by Gasteiger charge is -2.10. The van der Waals surface area contributed by atoms with Gasteiger partial charge in [0, 0.05) is 18.2 Å². The fourth-order valence-electron chi connectivity index (χ4n) is 1.05. The highest BCUT2D eigenvalue weighted by Gasteiger charge is 2.07. The van der Waals surface area contributed by atoms with E-state index in [9.17, 15) is 0 Å². The summed E-state index contributed by atoms with van der Waals surface area (Å²) in [6.07, 6.45) is 3.39. The van der Waals surface area contributed by atoms with Crippen LogP contribution in [0.15, 0.2) is 12.5 Å². The molecule has 0 bridgehead atoms. The number of nitrogens with zero attached hydrogens (tertiary/aromatic N) is 2. The molecule has 0 aromatic carbocycles. The lowest BCUT2D eigenvalue weighted by Crippen LogP contribution is -2.15. The number of ether oxygens (including phenoxy) is 1. The van der Waals surface area contributed by atoms with Crippen LogP contribution in [0.25, 0.3) is 0 Å². The largest absolute Gasteiger partial charge is 0.477 e. The summed E-state index contributed by atoms with van der Waals surface area (Å²) in [5.74, 6) is 1.04. The Labute approximate surface area is 89.2 Å². The fourth-order valence-corrected chi connectivity index (χ4v) is 1.05. The summed E-state index contributed by atoms with van der Waals surface area (Å²) in [5, 5.41) is 7.21. The van der Waals surface area contributed by atoms with Gasteiger partial charge in [0.25, 0.3) is 0 Å². The smallest absolute Gasteiger partial charge is 0.220 e. The normalized spacial score (nSPS) is 10.3. The van der Waals surface area contributed by atoms with Crippen LogP contribution >= 0.6 is 0 Å². The first-order valence-corrected chi connectivity index (χ1v) is 4.84. The van der Waals surface area contributed by atoms with E-state index in [4.69, 9.17) is 15.9 Å². The van der Waals surface area contributed by atoms with E-state index in [1.54, 1.807) is 6.20 Å². The summed E-state index contributed by atoms with van der Waals surface area (Å²) < 4.78 is 5.50. The van der Waals surface area contributed by atoms with Crippen LogP contribution < -0.4 is 10.5 Å². The van der Waals surface area contributed by atoms with Gasteiger partial charge in [-0.3, -0.25) is 5.41 Å². The van der Waals surface area contributed by atoms with Crippen molar-refractivity contribution >= 4 is 5.84 Å². The maximum absolute atomic E-state index is 7.21. The molecule has 0 aliphatic carbocycles. The minimum Gasteiger partial charge on any atom is -0.477 e. The molecule has 0 fully saturated rings. The summed E-state index contributed by atoms with van der Waals surface area (Å²) in [7, 11) is 0. The van der Waals surface area contributed by atoms with Crippen molar-refractivity contribution in [3.05, 3.63) is 18.1 Å². The van der Waals surface area contributed by atoms with Gasteiger partial charge in [-0.25, -0.2) is 9.97 Å². The molecular weight excluding hydrogens is 192 g/mol. The predicted molar refractivity (Wildman–Crippen MR) is 58.0 cm³/mol. The Bertz CT molecular complexity index is 338. The van der Waals surface area contributed by atoms with Crippen LogP contribution in [-0.2, 0) is 6.42 Å². The first-order chi connectivity index (χ1) is 7.09. The van der Waals surface area contributed by atoms with Crippen LogP contribution in [0.4, 0.5) is 0 Å². The van der Waals surface area contributed by atoms with Gasteiger partial charge in [-0.05, 0) is 5.92 Å². The predicted octanol–water partition coefficient (Wildman–Crippen LogP) is 0.990. The lowest BCUT2D eigenvalue weighted by atomic mass is 10.2. The van der Waals surface area contributed by atoms with E-state index >= 15 is 0 Å². The molecule has 3 N–H and O–H groups in total. The monoisotopic (exact) mass is 208 g/mol. The maximum atomic E-state index is 7.21. The van der Waals surface area contributed by atoms with Crippen molar-refractivity contribution in [2.75, 3.05) is 6.61 Å². The number of nitrogens with one attached hydrogen (secondary N) is 1. The van der Waals surface area contributed by atoms with Crippen molar-refractivity contribution in [1.82, 2.24) is 9.97 Å². The van der Waals surface area contributed by atoms with Crippen LogP contribution in [0.2, 0.25) is 0 Å². The van der Waals surface area contributed by atoms with Gasteiger partial charge in [0.1, 0.15) is 6.33 Å². The van der Waals surface area contributed by atoms with E-state index in [0.29, 0.717) is 24.8 Å². The molecule has 82 valence electrons. The van der Waals surface area contributed by atoms with Gasteiger partial charge < -0.3 is 10.5 Å². The van der Waals surface area contributed by atoms with E-state index < -0.39 is 0 Å². The van der Waals surface area contributed by atoms with Gasteiger partial charge in [0.2, 0.25) is 5.88 Å². The average Bonchev–Trinajstić information content (AvgIpc) is 2.15. The molecule has 0 aliphatic rings. The molecule has 0 saturated heterocycles. The summed E-state index contributed by atoms with van der Waals surface area (Å²) >= 11 is 0. The second-order valence-electron chi connectivity index (χ2n) is 3.76. The minimum absolute atomic E-state index is 0.0826. The topological polar surface area (TPSA) is 84.9 Å². The molecule has 1 rings (SSSR count). The zero-order valence-corrected chi connectivity index (χ0v) is 9.03. The van der Waals surface area contributed by atoms with Crippen LogP contribution in [0, 0.1) is 11.3 Å². The van der Waals surface area contributed by atoms with Crippen LogP contribution in [-0.4, -0.2) is 22.4 Å². The van der Waals surface area contributed by atoms with Gasteiger partial charge in [-0.2, -0.15) is 0 Å². The molecule has 0 amide bonds. The van der Waals surface area contributed by atoms with Crippen molar-refractivity contribution < 1.29 is 4.74 Å². The van der Waals surface area contributed by atoms with Gasteiger partial charge in [-0.15, -0.1) is 0 Å². The van der Waals surface area contributed by atoms with E-state index in [2.05, 4.69) is 23.8 Å². The third kappa shape index (κ3) is 3.93. The Balaban J connectivity index is 2.72. The third-order valence-electron chi connectivity index (χ3n) is 1.68. The number of nitrogens with two attached hydrogens (primary N) is 1. The van der Waals surface area contributed by atoms with Gasteiger partial charge in [-0.1, -0.05) is 13.8 Å². The van der Waals surface area contributed by atoms with Crippen molar-refractivity contribution in [2.45, 2.75) is 20.3 Å². The van der Waals surface area contributed by atoms with Crippen molar-refractivity contribution in [3.63, 3.8) is 0 Å². The van der Waals surface area contributed by atoms with Gasteiger partial charge in [0.05, 0.1) is 12.4 Å². The number of hydrogen-bond acceptors (Lipinski definition) is 4. The molecule has 0 aliphatic heterocycles. The summed E-state index contributed by atoms with van der Waals surface area (Å²) in [4.78, 5) is 7.90. The minimum atomic E-state index is 0.0826. The van der Waals surface area contributed by atoms with Crippen molar-refractivity contribution in [2.24, 2.45) is 11.7 Å². The third-order valence-corrected chi connectivity index (χ3v) is 1.68. The Morgan fingerprint density at radius 2 is 2.33 bits per heavy atom. The number of hydrogen-bond donors (Lipinski definition) is 2. The van der Waals surface area contributed by atoms with Crippen molar-refractivity contribution in [3.8, 4) is 5.88 Å². The first-order valence-electron chi connectivity index (χ1n) is 4.84. The molecule has 5 nitrogen and oxygen atoms in total. The molecule has 0 atom stereocenters. The molecule has 0 unspecified atom stereocenters. The summed E-state index contributed by atoms with van der Waals surface area (Å²) in [5.41, 5.74) is 6.08. The highest BCUT2D eigenvalue weighted by molar-refractivity contribution is 5.79. The molecule has 1 heterocycles. The van der Waals surface area contributed by atoms with E-state index in [1.807, 2.05) is 0 Å². The van der Waals surface area contributed by atoms with Crippen LogP contribution in [0.3, 0.4) is 0 Å². The molecule has 5 heteroatoms. The van der Waals surface area contributed by atoms with Crippen LogP contribution in [0.5, 0.6) is 5.88 Å². The molecule has 1 aromatic heterocycles. The summed E-state index contributed by atoms with van der Waals surface area (Å²) in [6.45, 7) is 4.72. The quantitative estimate of drug-likeness (QED) is 0.558. The number of amidine groups is 1. The molecule has 0 spiro atoms. The Hall–Kier alpha value is -1.65. The van der Waals surface area contributed by atoms with E-state index in [-0.39, 0.29) is 5.84 Å². The van der Waals surface area contributed by atoms with Gasteiger partial charge in [0.15, 0.2) is 0 Å². The SMILES string of the molecule is CC(C)COc1ncncc1CC(=N)N. The standard InChI is InChI=1S/C10H16N4O/c1-7(2)5-15-10-8(3-9(11)12)4-13-6-14-10/h4,6-7H,3,5H2,1-2H3,(H3,11,12). The molecular formula is C10H16N4O. The second-order valence-corrected chi connectivity index (χ2v) is 3.76. The first kappa shape index (κ1) is 11.4. The number of rotatable bonds is 5. The van der Waals surface area contributed by atoms with Crippen LogP contribution in [0.1, 0.15) is 19.4 Å². The highest BCUT2D eigenvalue weighted by Crippen LogP contribution is 2.14. The Morgan fingerprint density at radius 1 is 1.60 bits per heavy atom. The zero-order chi connectivity index (χ0) is 11.3.